The van der Waals surface area contributed by atoms with Gasteiger partial charge in [0.1, 0.15) is 5.75 Å². The van der Waals surface area contributed by atoms with Gasteiger partial charge in [0.25, 0.3) is 0 Å². The summed E-state index contributed by atoms with van der Waals surface area (Å²) >= 11 is 6.20. The van der Waals surface area contributed by atoms with Crippen molar-refractivity contribution in [3.63, 3.8) is 0 Å². The summed E-state index contributed by atoms with van der Waals surface area (Å²) in [6.07, 6.45) is 0. The Labute approximate surface area is 95.6 Å². The third-order valence-electron chi connectivity index (χ3n) is 3.09. The van der Waals surface area contributed by atoms with Crippen LogP contribution in [-0.4, -0.2) is 13.7 Å². The van der Waals surface area contributed by atoms with Crippen LogP contribution in [0.5, 0.6) is 5.75 Å². The lowest BCUT2D eigenvalue weighted by atomic mass is 9.84. The van der Waals surface area contributed by atoms with Crippen molar-refractivity contribution in [2.75, 3.05) is 19.0 Å². The van der Waals surface area contributed by atoms with Gasteiger partial charge in [-0.05, 0) is 18.1 Å². The van der Waals surface area contributed by atoms with Crippen molar-refractivity contribution in [3.05, 3.63) is 22.2 Å². The lowest BCUT2D eigenvalue weighted by Crippen LogP contribution is -2.19. The van der Waals surface area contributed by atoms with E-state index in [1.165, 1.54) is 5.56 Å². The van der Waals surface area contributed by atoms with E-state index in [0.29, 0.717) is 0 Å². The van der Waals surface area contributed by atoms with Gasteiger partial charge in [-0.25, -0.2) is 0 Å². The van der Waals surface area contributed by atoms with E-state index in [1.54, 1.807) is 7.11 Å². The smallest absolute Gasteiger partial charge is 0.143 e. The molecule has 0 unspecified atom stereocenters. The number of methoxy groups -OCH3 is 1. The second-order valence-electron chi connectivity index (χ2n) is 4.67. The molecule has 0 fully saturated rings. The molecule has 82 valence electrons. The Morgan fingerprint density at radius 3 is 2.73 bits per heavy atom. The molecule has 1 heterocycles. The van der Waals surface area contributed by atoms with Crippen molar-refractivity contribution in [1.82, 2.24) is 0 Å². The highest BCUT2D eigenvalue weighted by atomic mass is 35.5. The quantitative estimate of drug-likeness (QED) is 0.792. The highest BCUT2D eigenvalue weighted by Gasteiger charge is 2.34. The van der Waals surface area contributed by atoms with Gasteiger partial charge in [-0.1, -0.05) is 25.4 Å². The molecular weight excluding hydrogens is 210 g/mol. The summed E-state index contributed by atoms with van der Waals surface area (Å²) < 4.78 is 5.34. The summed E-state index contributed by atoms with van der Waals surface area (Å²) in [5.41, 5.74) is 3.66. The fourth-order valence-electron chi connectivity index (χ4n) is 2.31. The Morgan fingerprint density at radius 1 is 1.47 bits per heavy atom. The van der Waals surface area contributed by atoms with Crippen molar-refractivity contribution in [1.29, 1.82) is 0 Å². The van der Waals surface area contributed by atoms with E-state index in [1.807, 2.05) is 6.07 Å². The first-order valence-electron chi connectivity index (χ1n) is 5.09. The standard InChI is InChI=1S/C12H16ClNO/c1-7-8(13)5-9(15-4)11-10(7)12(2,3)6-14-11/h5,14H,6H2,1-4H3. The van der Waals surface area contributed by atoms with Gasteiger partial charge >= 0.3 is 0 Å². The van der Waals surface area contributed by atoms with Gasteiger partial charge in [0.2, 0.25) is 0 Å². The fraction of sp³-hybridized carbons (Fsp3) is 0.500. The minimum atomic E-state index is 0.123. The molecule has 0 saturated heterocycles. The summed E-state index contributed by atoms with van der Waals surface area (Å²) in [6, 6.07) is 1.88. The van der Waals surface area contributed by atoms with Crippen LogP contribution in [-0.2, 0) is 5.41 Å². The summed E-state index contributed by atoms with van der Waals surface area (Å²) in [7, 11) is 1.67. The predicted octanol–water partition coefficient (Wildman–Crippen LogP) is 3.36. The van der Waals surface area contributed by atoms with E-state index in [-0.39, 0.29) is 5.41 Å². The fourth-order valence-corrected chi connectivity index (χ4v) is 2.50. The molecule has 0 aliphatic carbocycles. The van der Waals surface area contributed by atoms with Crippen LogP contribution < -0.4 is 10.1 Å². The van der Waals surface area contributed by atoms with Crippen molar-refractivity contribution in [2.24, 2.45) is 0 Å². The van der Waals surface area contributed by atoms with Crippen molar-refractivity contribution in [3.8, 4) is 5.75 Å². The summed E-state index contributed by atoms with van der Waals surface area (Å²) in [5.74, 6) is 0.839. The molecule has 1 aliphatic heterocycles. The van der Waals surface area contributed by atoms with Crippen LogP contribution >= 0.6 is 11.6 Å². The number of rotatable bonds is 1. The number of anilines is 1. The van der Waals surface area contributed by atoms with E-state index in [0.717, 1.165) is 28.6 Å². The maximum atomic E-state index is 6.20. The molecular formula is C12H16ClNO. The predicted molar refractivity (Wildman–Crippen MR) is 64.3 cm³/mol. The Hall–Kier alpha value is -0.890. The SMILES string of the molecule is COc1cc(Cl)c(C)c2c1NCC2(C)C. The molecule has 1 aliphatic rings. The Balaban J connectivity index is 2.72. The van der Waals surface area contributed by atoms with E-state index in [9.17, 15) is 0 Å². The first kappa shape index (κ1) is 10.6. The first-order valence-corrected chi connectivity index (χ1v) is 5.46. The number of benzene rings is 1. The molecule has 1 N–H and O–H groups in total. The second kappa shape index (κ2) is 3.31. The van der Waals surface area contributed by atoms with Crippen LogP contribution in [0.15, 0.2) is 6.07 Å². The zero-order valence-electron chi connectivity index (χ0n) is 9.57. The van der Waals surface area contributed by atoms with E-state index < -0.39 is 0 Å². The highest BCUT2D eigenvalue weighted by molar-refractivity contribution is 6.31. The molecule has 1 aromatic carbocycles. The average molecular weight is 226 g/mol. The van der Waals surface area contributed by atoms with Crippen molar-refractivity contribution in [2.45, 2.75) is 26.2 Å². The molecule has 3 heteroatoms. The maximum absolute atomic E-state index is 6.20. The van der Waals surface area contributed by atoms with E-state index in [4.69, 9.17) is 16.3 Å². The third kappa shape index (κ3) is 1.48. The van der Waals surface area contributed by atoms with Gasteiger partial charge < -0.3 is 10.1 Å². The normalized spacial score (nSPS) is 17.1. The van der Waals surface area contributed by atoms with Crippen LogP contribution in [0.4, 0.5) is 5.69 Å². The molecule has 2 rings (SSSR count). The van der Waals surface area contributed by atoms with E-state index in [2.05, 4.69) is 26.1 Å². The molecule has 0 spiro atoms. The van der Waals surface area contributed by atoms with Crippen LogP contribution in [0, 0.1) is 6.92 Å². The molecule has 0 bridgehead atoms. The molecule has 0 aromatic heterocycles. The van der Waals surface area contributed by atoms with Crippen LogP contribution in [0.25, 0.3) is 0 Å². The van der Waals surface area contributed by atoms with Crippen LogP contribution in [0.3, 0.4) is 0 Å². The summed E-state index contributed by atoms with van der Waals surface area (Å²) in [6.45, 7) is 7.43. The van der Waals surface area contributed by atoms with Gasteiger partial charge in [0.05, 0.1) is 12.8 Å². The molecule has 2 nitrogen and oxygen atoms in total. The lowest BCUT2D eigenvalue weighted by molar-refractivity contribution is 0.416. The molecule has 15 heavy (non-hydrogen) atoms. The van der Waals surface area contributed by atoms with Crippen molar-refractivity contribution >= 4 is 17.3 Å². The summed E-state index contributed by atoms with van der Waals surface area (Å²) in [4.78, 5) is 0. The lowest BCUT2D eigenvalue weighted by Gasteiger charge is -2.20. The van der Waals surface area contributed by atoms with Gasteiger partial charge in [0, 0.05) is 23.0 Å². The number of nitrogens with one attached hydrogen (secondary N) is 1. The van der Waals surface area contributed by atoms with Crippen molar-refractivity contribution < 1.29 is 4.74 Å². The van der Waals surface area contributed by atoms with Gasteiger partial charge in [0.15, 0.2) is 0 Å². The minimum absolute atomic E-state index is 0.123. The minimum Gasteiger partial charge on any atom is -0.495 e. The van der Waals surface area contributed by atoms with E-state index >= 15 is 0 Å². The first-order chi connectivity index (χ1) is 6.97. The number of ether oxygens (including phenoxy) is 1. The Kier molecular flexibility index (Phi) is 2.34. The number of hydrogen-bond donors (Lipinski definition) is 1. The van der Waals surface area contributed by atoms with Gasteiger partial charge in [-0.15, -0.1) is 0 Å². The third-order valence-corrected chi connectivity index (χ3v) is 3.48. The molecule has 1 aromatic rings. The van der Waals surface area contributed by atoms with Crippen LogP contribution in [0.1, 0.15) is 25.0 Å². The maximum Gasteiger partial charge on any atom is 0.143 e. The van der Waals surface area contributed by atoms with Gasteiger partial charge in [-0.3, -0.25) is 0 Å². The largest absolute Gasteiger partial charge is 0.495 e. The Bertz CT molecular complexity index is 413. The molecule has 0 atom stereocenters. The monoisotopic (exact) mass is 225 g/mol. The number of halogens is 1. The number of hydrogen-bond acceptors (Lipinski definition) is 2. The Morgan fingerprint density at radius 2 is 2.13 bits per heavy atom. The highest BCUT2D eigenvalue weighted by Crippen LogP contribution is 2.46. The topological polar surface area (TPSA) is 21.3 Å². The second-order valence-corrected chi connectivity index (χ2v) is 5.08. The van der Waals surface area contributed by atoms with Gasteiger partial charge in [-0.2, -0.15) is 0 Å². The zero-order valence-corrected chi connectivity index (χ0v) is 10.3. The molecule has 0 amide bonds. The zero-order chi connectivity index (χ0) is 11.2. The molecule has 0 saturated carbocycles. The number of fused-ring (bicyclic) bond motifs is 1. The van der Waals surface area contributed by atoms with Crippen LogP contribution in [0.2, 0.25) is 5.02 Å². The molecule has 0 radical (unpaired) electrons. The summed E-state index contributed by atoms with van der Waals surface area (Å²) in [5, 5.41) is 4.17. The average Bonchev–Trinajstić information content (AvgIpc) is 2.48.